The van der Waals surface area contributed by atoms with Crippen LogP contribution in [0.15, 0.2) is 42.5 Å². The number of hydrogen-bond donors (Lipinski definition) is 0. The molecule has 0 N–H and O–H groups in total. The molecule has 85 valence electrons. The van der Waals surface area contributed by atoms with Crippen LogP contribution < -0.4 is 7.86 Å². The van der Waals surface area contributed by atoms with Crippen molar-refractivity contribution < 1.29 is 4.74 Å². The number of aryl methyl sites for hydroxylation is 2. The molecule has 0 atom stereocenters. The molecule has 2 aromatic carbocycles. The third-order valence-electron chi connectivity index (χ3n) is 2.75. The van der Waals surface area contributed by atoms with Crippen molar-refractivity contribution in [3.63, 3.8) is 0 Å². The van der Waals surface area contributed by atoms with Crippen molar-refractivity contribution in [3.8, 4) is 5.75 Å². The first-order valence-corrected chi connectivity index (χ1v) is 7.61. The van der Waals surface area contributed by atoms with Crippen LogP contribution in [-0.2, 0) is 6.61 Å². The van der Waals surface area contributed by atoms with E-state index in [0.29, 0.717) is 6.61 Å². The van der Waals surface area contributed by atoms with E-state index in [1.54, 1.807) is 0 Å². The van der Waals surface area contributed by atoms with Crippen LogP contribution >= 0.6 is 0 Å². The Morgan fingerprint density at radius 3 is 2.18 bits per heavy atom. The SMILES string of the molecule is Cc1cc(OCc2ccccc2)cc(C)[c]1[Pb]. The zero-order valence-corrected chi connectivity index (χ0v) is 14.0. The molecule has 0 aliphatic carbocycles. The number of rotatable bonds is 3. The maximum absolute atomic E-state index is 5.82. The van der Waals surface area contributed by atoms with E-state index in [1.807, 2.05) is 18.2 Å². The Bertz CT molecular complexity index is 483. The van der Waals surface area contributed by atoms with Gasteiger partial charge >= 0.3 is 119 Å². The van der Waals surface area contributed by atoms with Crippen molar-refractivity contribution in [1.29, 1.82) is 0 Å². The van der Waals surface area contributed by atoms with Gasteiger partial charge in [-0.2, -0.15) is 0 Å². The molecule has 1 nitrogen and oxygen atoms in total. The molecule has 0 spiro atoms. The van der Waals surface area contributed by atoms with Crippen molar-refractivity contribution >= 4 is 28.9 Å². The molecule has 3 radical (unpaired) electrons. The topological polar surface area (TPSA) is 9.23 Å². The first-order chi connectivity index (χ1) is 8.16. The molecule has 2 aromatic rings. The molecule has 0 unspecified atom stereocenters. The Hall–Kier alpha value is -0.838. The van der Waals surface area contributed by atoms with Crippen LogP contribution in [0.5, 0.6) is 5.75 Å². The summed E-state index contributed by atoms with van der Waals surface area (Å²) >= 11 is 1.10. The zero-order valence-electron chi connectivity index (χ0n) is 10.2. The van der Waals surface area contributed by atoms with Gasteiger partial charge in [-0.1, -0.05) is 0 Å². The predicted molar refractivity (Wildman–Crippen MR) is 72.1 cm³/mol. The summed E-state index contributed by atoms with van der Waals surface area (Å²) in [4.78, 5) is 0. The first kappa shape index (κ1) is 12.6. The van der Waals surface area contributed by atoms with Gasteiger partial charge < -0.3 is 0 Å². The number of hydrogen-bond acceptors (Lipinski definition) is 1. The summed E-state index contributed by atoms with van der Waals surface area (Å²) in [5.41, 5.74) is 3.90. The fraction of sp³-hybridized carbons (Fsp3) is 0.200. The number of ether oxygens (including phenoxy) is 1. The molecule has 0 aromatic heterocycles. The average Bonchev–Trinajstić information content (AvgIpc) is 2.34. The maximum atomic E-state index is 5.82. The van der Waals surface area contributed by atoms with Crippen LogP contribution in [0.25, 0.3) is 0 Å². The summed E-state index contributed by atoms with van der Waals surface area (Å²) in [7, 11) is 0. The second-order valence-electron chi connectivity index (χ2n) is 4.21. The molecule has 0 aliphatic heterocycles. The Balaban J connectivity index is 2.10. The Morgan fingerprint density at radius 1 is 1.00 bits per heavy atom. The van der Waals surface area contributed by atoms with E-state index < -0.39 is 0 Å². The molecular weight excluding hydrogens is 403 g/mol. The van der Waals surface area contributed by atoms with Crippen molar-refractivity contribution in [2.45, 2.75) is 20.5 Å². The first-order valence-electron chi connectivity index (χ1n) is 5.66. The summed E-state index contributed by atoms with van der Waals surface area (Å²) in [6, 6.07) is 14.5. The molecule has 2 rings (SSSR count). The average molecular weight is 418 g/mol. The molecule has 0 aliphatic rings. The second-order valence-corrected chi connectivity index (χ2v) is 6.15. The number of benzene rings is 2. The van der Waals surface area contributed by atoms with E-state index in [9.17, 15) is 0 Å². The van der Waals surface area contributed by atoms with Crippen LogP contribution in [0.4, 0.5) is 0 Å². The molecule has 2 heteroatoms. The van der Waals surface area contributed by atoms with Crippen LogP contribution in [0.1, 0.15) is 16.7 Å². The molecule has 17 heavy (non-hydrogen) atoms. The van der Waals surface area contributed by atoms with E-state index in [4.69, 9.17) is 4.74 Å². The Morgan fingerprint density at radius 2 is 1.59 bits per heavy atom. The summed E-state index contributed by atoms with van der Waals surface area (Å²) in [6.45, 7) is 4.95. The van der Waals surface area contributed by atoms with Gasteiger partial charge in [-0.15, -0.1) is 0 Å². The molecular formula is C15H15OPb. The normalized spacial score (nSPS) is 10.3. The van der Waals surface area contributed by atoms with Crippen molar-refractivity contribution in [1.82, 2.24) is 0 Å². The third-order valence-corrected chi connectivity index (χ3v) is 5.82. The summed E-state index contributed by atoms with van der Waals surface area (Å²) in [5.74, 6) is 0.975. The van der Waals surface area contributed by atoms with Gasteiger partial charge in [-0.25, -0.2) is 0 Å². The minimum absolute atomic E-state index is 0.639. The van der Waals surface area contributed by atoms with Crippen molar-refractivity contribution in [2.75, 3.05) is 0 Å². The van der Waals surface area contributed by atoms with E-state index in [1.165, 1.54) is 19.8 Å². The fourth-order valence-corrected chi connectivity index (χ4v) is 2.31. The second kappa shape index (κ2) is 5.67. The van der Waals surface area contributed by atoms with Gasteiger partial charge in [0.15, 0.2) is 0 Å². The van der Waals surface area contributed by atoms with Crippen molar-refractivity contribution in [3.05, 3.63) is 59.2 Å². The standard InChI is InChI=1S/C15H15O.Pb/c1-12-8-13(2)10-15(9-12)16-11-14-6-4-3-5-7-14;/h3-7,9-10H,11H2,1-2H3;. The van der Waals surface area contributed by atoms with E-state index in [0.717, 1.165) is 31.5 Å². The van der Waals surface area contributed by atoms with E-state index >= 15 is 0 Å². The third kappa shape index (κ3) is 3.31. The summed E-state index contributed by atoms with van der Waals surface area (Å²) in [6.07, 6.45) is 0. The van der Waals surface area contributed by atoms with Crippen LogP contribution in [0, 0.1) is 13.8 Å². The van der Waals surface area contributed by atoms with Gasteiger partial charge in [0.2, 0.25) is 0 Å². The van der Waals surface area contributed by atoms with Crippen LogP contribution in [0.3, 0.4) is 0 Å². The van der Waals surface area contributed by atoms with Gasteiger partial charge in [-0.3, -0.25) is 0 Å². The minimum atomic E-state index is 0.639. The van der Waals surface area contributed by atoms with E-state index in [2.05, 4.69) is 38.1 Å². The Kier molecular flexibility index (Phi) is 4.21. The fourth-order valence-electron chi connectivity index (χ4n) is 1.75. The van der Waals surface area contributed by atoms with Crippen LogP contribution in [-0.4, -0.2) is 25.8 Å². The predicted octanol–water partition coefficient (Wildman–Crippen LogP) is 2.68. The molecule has 0 saturated heterocycles. The van der Waals surface area contributed by atoms with Gasteiger partial charge in [0, 0.05) is 0 Å². The van der Waals surface area contributed by atoms with Gasteiger partial charge in [0.25, 0.3) is 0 Å². The van der Waals surface area contributed by atoms with Gasteiger partial charge in [-0.05, 0) is 0 Å². The summed E-state index contributed by atoms with van der Waals surface area (Å²) < 4.78 is 7.31. The monoisotopic (exact) mass is 419 g/mol. The molecule has 0 heterocycles. The molecule has 0 bridgehead atoms. The van der Waals surface area contributed by atoms with Gasteiger partial charge in [0.1, 0.15) is 0 Å². The Labute approximate surface area is 119 Å². The summed E-state index contributed by atoms with van der Waals surface area (Å²) in [5, 5.41) is 0. The quantitative estimate of drug-likeness (QED) is 0.697. The van der Waals surface area contributed by atoms with Gasteiger partial charge in [0.05, 0.1) is 0 Å². The zero-order chi connectivity index (χ0) is 12.3. The van der Waals surface area contributed by atoms with Crippen LogP contribution in [0.2, 0.25) is 0 Å². The van der Waals surface area contributed by atoms with E-state index in [-0.39, 0.29) is 0 Å². The van der Waals surface area contributed by atoms with Crippen molar-refractivity contribution in [2.24, 2.45) is 0 Å². The molecule has 0 amide bonds. The molecule has 0 fully saturated rings. The molecule has 0 saturated carbocycles.